The Morgan fingerprint density at radius 3 is 2.36 bits per heavy atom. The molecule has 7 heteroatoms. The van der Waals surface area contributed by atoms with Gasteiger partial charge in [-0.05, 0) is 71.7 Å². The quantitative estimate of drug-likeness (QED) is 0.636. The minimum Gasteiger partial charge on any atom is -0.355 e. The van der Waals surface area contributed by atoms with Crippen LogP contribution in [0.5, 0.6) is 0 Å². The van der Waals surface area contributed by atoms with Crippen molar-refractivity contribution >= 4 is 27.7 Å². The summed E-state index contributed by atoms with van der Waals surface area (Å²) in [4.78, 5) is 24.2. The predicted molar refractivity (Wildman–Crippen MR) is 112 cm³/mol. The van der Waals surface area contributed by atoms with E-state index in [9.17, 15) is 9.59 Å². The summed E-state index contributed by atoms with van der Waals surface area (Å²) in [6, 6.07) is 14.5. The second kappa shape index (κ2) is 8.39. The van der Waals surface area contributed by atoms with Crippen molar-refractivity contribution in [2.75, 3.05) is 7.05 Å². The summed E-state index contributed by atoms with van der Waals surface area (Å²) < 4.78 is 2.82. The molecule has 2 N–H and O–H groups in total. The van der Waals surface area contributed by atoms with Gasteiger partial charge in [-0.3, -0.25) is 9.59 Å². The first kappa shape index (κ1) is 19.8. The van der Waals surface area contributed by atoms with E-state index < -0.39 is 0 Å². The summed E-state index contributed by atoms with van der Waals surface area (Å²) in [5, 5.41) is 9.97. The standard InChI is InChI=1S/C21H21BrN4O2/c1-13-19(22)14(2)26(25-13)18-9-7-16(8-10-18)21(28)24-12-15-5-4-6-17(11-15)20(27)23-3/h4-11H,12H2,1-3H3,(H,23,27)(H,24,28). The minimum absolute atomic E-state index is 0.153. The van der Waals surface area contributed by atoms with Crippen LogP contribution >= 0.6 is 15.9 Å². The number of hydrogen-bond acceptors (Lipinski definition) is 3. The molecular formula is C21H21BrN4O2. The first-order valence-electron chi connectivity index (χ1n) is 8.82. The van der Waals surface area contributed by atoms with Gasteiger partial charge in [0.1, 0.15) is 0 Å². The SMILES string of the molecule is CNC(=O)c1cccc(CNC(=O)c2ccc(-n3nc(C)c(Br)c3C)cc2)c1. The van der Waals surface area contributed by atoms with E-state index in [1.54, 1.807) is 37.4 Å². The molecule has 6 nitrogen and oxygen atoms in total. The summed E-state index contributed by atoms with van der Waals surface area (Å²) in [6.07, 6.45) is 0. The van der Waals surface area contributed by atoms with Crippen LogP contribution in [0.4, 0.5) is 0 Å². The Morgan fingerprint density at radius 2 is 1.75 bits per heavy atom. The van der Waals surface area contributed by atoms with Gasteiger partial charge in [0.2, 0.25) is 0 Å². The van der Waals surface area contributed by atoms with Gasteiger partial charge >= 0.3 is 0 Å². The molecule has 1 heterocycles. The number of nitrogens with zero attached hydrogens (tertiary/aromatic N) is 2. The molecule has 2 aromatic carbocycles. The molecule has 0 spiro atoms. The number of amides is 2. The van der Waals surface area contributed by atoms with Crippen LogP contribution in [0.2, 0.25) is 0 Å². The van der Waals surface area contributed by atoms with Crippen molar-refractivity contribution in [3.05, 3.63) is 81.1 Å². The molecule has 1 aromatic heterocycles. The molecule has 28 heavy (non-hydrogen) atoms. The molecule has 0 radical (unpaired) electrons. The minimum atomic E-state index is -0.175. The Kier molecular flexibility index (Phi) is 5.94. The maximum atomic E-state index is 12.4. The van der Waals surface area contributed by atoms with Gasteiger partial charge in [0.05, 0.1) is 21.5 Å². The van der Waals surface area contributed by atoms with Crippen LogP contribution in [0, 0.1) is 13.8 Å². The number of rotatable bonds is 5. The second-order valence-electron chi connectivity index (χ2n) is 6.41. The molecule has 0 saturated carbocycles. The Labute approximate surface area is 172 Å². The van der Waals surface area contributed by atoms with E-state index in [2.05, 4.69) is 31.7 Å². The van der Waals surface area contributed by atoms with E-state index in [1.165, 1.54) is 0 Å². The topological polar surface area (TPSA) is 76.0 Å². The van der Waals surface area contributed by atoms with Crippen LogP contribution in [0.15, 0.2) is 53.0 Å². The highest BCUT2D eigenvalue weighted by atomic mass is 79.9. The molecule has 0 aliphatic rings. The lowest BCUT2D eigenvalue weighted by molar-refractivity contribution is 0.0948. The summed E-state index contributed by atoms with van der Waals surface area (Å²) in [5.74, 6) is -0.328. The van der Waals surface area contributed by atoms with Crippen molar-refractivity contribution in [1.82, 2.24) is 20.4 Å². The van der Waals surface area contributed by atoms with Gasteiger partial charge in [0.15, 0.2) is 0 Å². The van der Waals surface area contributed by atoms with Gasteiger partial charge < -0.3 is 10.6 Å². The number of carbonyl (C=O) groups is 2. The molecule has 3 rings (SSSR count). The van der Waals surface area contributed by atoms with Crippen molar-refractivity contribution in [2.45, 2.75) is 20.4 Å². The molecule has 0 atom stereocenters. The Hall–Kier alpha value is -2.93. The van der Waals surface area contributed by atoms with Crippen molar-refractivity contribution in [3.63, 3.8) is 0 Å². The molecule has 0 aliphatic heterocycles. The molecule has 144 valence electrons. The smallest absolute Gasteiger partial charge is 0.251 e. The maximum Gasteiger partial charge on any atom is 0.251 e. The normalized spacial score (nSPS) is 10.6. The van der Waals surface area contributed by atoms with Crippen LogP contribution < -0.4 is 10.6 Å². The van der Waals surface area contributed by atoms with E-state index >= 15 is 0 Å². The Balaban J connectivity index is 1.68. The van der Waals surface area contributed by atoms with Crippen LogP contribution in [0.3, 0.4) is 0 Å². The fourth-order valence-corrected chi connectivity index (χ4v) is 3.13. The van der Waals surface area contributed by atoms with Gasteiger partial charge in [0, 0.05) is 24.7 Å². The Bertz CT molecular complexity index is 1030. The zero-order valence-corrected chi connectivity index (χ0v) is 17.5. The highest BCUT2D eigenvalue weighted by Crippen LogP contribution is 2.23. The number of benzene rings is 2. The molecule has 3 aromatic rings. The molecule has 2 amide bonds. The van der Waals surface area contributed by atoms with Crippen molar-refractivity contribution < 1.29 is 9.59 Å². The number of aromatic nitrogens is 2. The third kappa shape index (κ3) is 4.14. The van der Waals surface area contributed by atoms with Gasteiger partial charge in [-0.15, -0.1) is 0 Å². The van der Waals surface area contributed by atoms with Crippen molar-refractivity contribution in [1.29, 1.82) is 0 Å². The van der Waals surface area contributed by atoms with Crippen LogP contribution in [0.1, 0.15) is 37.7 Å². The van der Waals surface area contributed by atoms with E-state index in [4.69, 9.17) is 0 Å². The lowest BCUT2D eigenvalue weighted by Crippen LogP contribution is -2.23. The van der Waals surface area contributed by atoms with E-state index in [1.807, 2.05) is 36.7 Å². The number of aryl methyl sites for hydroxylation is 1. The molecule has 0 bridgehead atoms. The average Bonchev–Trinajstić information content (AvgIpc) is 2.99. The fourth-order valence-electron chi connectivity index (χ4n) is 2.88. The highest BCUT2D eigenvalue weighted by molar-refractivity contribution is 9.10. The molecular weight excluding hydrogens is 420 g/mol. The van der Waals surface area contributed by atoms with Crippen molar-refractivity contribution in [3.8, 4) is 5.69 Å². The van der Waals surface area contributed by atoms with Crippen LogP contribution in [-0.4, -0.2) is 28.6 Å². The largest absolute Gasteiger partial charge is 0.355 e. The van der Waals surface area contributed by atoms with Gasteiger partial charge in [-0.2, -0.15) is 5.10 Å². The first-order chi connectivity index (χ1) is 13.4. The molecule has 0 unspecified atom stereocenters. The number of carbonyl (C=O) groups excluding carboxylic acids is 2. The molecule has 0 aliphatic carbocycles. The van der Waals surface area contributed by atoms with E-state index in [-0.39, 0.29) is 11.8 Å². The zero-order valence-electron chi connectivity index (χ0n) is 15.9. The van der Waals surface area contributed by atoms with Gasteiger partial charge in [-0.25, -0.2) is 4.68 Å². The summed E-state index contributed by atoms with van der Waals surface area (Å²) in [5.41, 5.74) is 4.80. The van der Waals surface area contributed by atoms with Crippen molar-refractivity contribution in [2.24, 2.45) is 0 Å². The maximum absolute atomic E-state index is 12.4. The average molecular weight is 441 g/mol. The second-order valence-corrected chi connectivity index (χ2v) is 7.20. The van der Waals surface area contributed by atoms with E-state index in [0.29, 0.717) is 17.7 Å². The summed E-state index contributed by atoms with van der Waals surface area (Å²) >= 11 is 3.52. The van der Waals surface area contributed by atoms with Crippen LogP contribution in [-0.2, 0) is 6.54 Å². The summed E-state index contributed by atoms with van der Waals surface area (Å²) in [7, 11) is 1.59. The first-order valence-corrected chi connectivity index (χ1v) is 9.61. The lowest BCUT2D eigenvalue weighted by Gasteiger charge is -2.09. The monoisotopic (exact) mass is 440 g/mol. The highest BCUT2D eigenvalue weighted by Gasteiger charge is 2.12. The third-order valence-electron chi connectivity index (χ3n) is 4.45. The molecule has 0 saturated heterocycles. The summed E-state index contributed by atoms with van der Waals surface area (Å²) in [6.45, 7) is 4.27. The number of nitrogens with one attached hydrogen (secondary N) is 2. The molecule has 0 fully saturated rings. The fraction of sp³-hybridized carbons (Fsp3) is 0.190. The Morgan fingerprint density at radius 1 is 1.04 bits per heavy atom. The number of halogens is 1. The van der Waals surface area contributed by atoms with Crippen LogP contribution in [0.25, 0.3) is 5.69 Å². The zero-order chi connectivity index (χ0) is 20.3. The predicted octanol–water partition coefficient (Wildman–Crippen LogP) is 3.54. The van der Waals surface area contributed by atoms with Gasteiger partial charge in [0.25, 0.3) is 11.8 Å². The third-order valence-corrected chi connectivity index (χ3v) is 5.59. The lowest BCUT2D eigenvalue weighted by atomic mass is 10.1. The van der Waals surface area contributed by atoms with E-state index in [0.717, 1.165) is 27.1 Å². The van der Waals surface area contributed by atoms with Gasteiger partial charge in [-0.1, -0.05) is 12.1 Å². The number of hydrogen-bond donors (Lipinski definition) is 2.